The largest absolute Gasteiger partial charge is 0.495 e. The fraction of sp³-hybridized carbons (Fsp3) is 0.333. The molecule has 178 valence electrons. The highest BCUT2D eigenvalue weighted by Gasteiger charge is 2.28. The number of rotatable bonds is 9. The maximum atomic E-state index is 12.9. The smallest absolute Gasteiger partial charge is 0.306 e. The molecule has 1 heterocycles. The van der Waals surface area contributed by atoms with Gasteiger partial charge in [0, 0.05) is 24.6 Å². The second-order valence-corrected chi connectivity index (χ2v) is 8.25. The first-order chi connectivity index (χ1) is 16.4. The van der Waals surface area contributed by atoms with Crippen LogP contribution in [0.15, 0.2) is 41.2 Å². The maximum Gasteiger partial charge on any atom is 0.306 e. The predicted molar refractivity (Wildman–Crippen MR) is 127 cm³/mol. The molecule has 34 heavy (non-hydrogen) atoms. The Labute approximate surface area is 200 Å². The van der Waals surface area contributed by atoms with E-state index in [4.69, 9.17) is 25.8 Å². The van der Waals surface area contributed by atoms with Crippen LogP contribution < -0.4 is 20.3 Å². The number of methoxy groups -OCH3 is 2. The van der Waals surface area contributed by atoms with E-state index < -0.39 is 18.5 Å². The number of aromatic nitrogens is 2. The average Bonchev–Trinajstić information content (AvgIpc) is 3.67. The van der Waals surface area contributed by atoms with Gasteiger partial charge < -0.3 is 19.5 Å². The molecule has 0 bridgehead atoms. The molecule has 1 aromatic heterocycles. The number of halogens is 1. The Hall–Kier alpha value is -3.59. The number of fused-ring (bicyclic) bond motifs is 1. The van der Waals surface area contributed by atoms with Crippen molar-refractivity contribution in [3.05, 3.63) is 57.6 Å². The number of nitrogens with zero attached hydrogens (tertiary/aromatic N) is 2. The number of hydrogen-bond donors (Lipinski definition) is 1. The first-order valence-corrected chi connectivity index (χ1v) is 11.2. The number of amides is 1. The van der Waals surface area contributed by atoms with Gasteiger partial charge in [-0.1, -0.05) is 23.7 Å². The first-order valence-electron chi connectivity index (χ1n) is 10.8. The van der Waals surface area contributed by atoms with Crippen LogP contribution in [0.4, 0.5) is 5.69 Å². The molecule has 1 aliphatic rings. The molecule has 0 spiro atoms. The summed E-state index contributed by atoms with van der Waals surface area (Å²) in [6.45, 7) is -0.479. The molecule has 1 fully saturated rings. The van der Waals surface area contributed by atoms with Crippen LogP contribution in [0.5, 0.6) is 11.5 Å². The Morgan fingerprint density at radius 3 is 2.59 bits per heavy atom. The number of aryl methyl sites for hydroxylation is 1. The van der Waals surface area contributed by atoms with Crippen LogP contribution in [0, 0.1) is 0 Å². The molecule has 0 radical (unpaired) electrons. The van der Waals surface area contributed by atoms with E-state index in [-0.39, 0.29) is 24.4 Å². The standard InChI is InChI=1S/C24H24ClN3O6/c1-32-19-12-18(20(33-2)11-16(19)25)27-22(29)13-34-23(30)10-9-21-26-17-6-4-3-5-15(17)24(31)28(21)14-7-8-14/h3-6,11-12,14H,7-10,13H2,1-2H3,(H,27,29). The lowest BCUT2D eigenvalue weighted by molar-refractivity contribution is -0.147. The second kappa shape index (κ2) is 10.1. The van der Waals surface area contributed by atoms with E-state index in [1.807, 2.05) is 6.07 Å². The minimum atomic E-state index is -0.569. The van der Waals surface area contributed by atoms with Gasteiger partial charge in [0.05, 0.1) is 42.3 Å². The summed E-state index contributed by atoms with van der Waals surface area (Å²) >= 11 is 6.07. The van der Waals surface area contributed by atoms with Crippen molar-refractivity contribution in [1.29, 1.82) is 0 Å². The Kier molecular flexibility index (Phi) is 7.02. The minimum absolute atomic E-state index is 0.0110. The summed E-state index contributed by atoms with van der Waals surface area (Å²) in [5.41, 5.74) is 0.835. The molecule has 9 nitrogen and oxygen atoms in total. The third kappa shape index (κ3) is 5.14. The van der Waals surface area contributed by atoms with Crippen LogP contribution in [0.1, 0.15) is 31.1 Å². The molecular weight excluding hydrogens is 462 g/mol. The van der Waals surface area contributed by atoms with Gasteiger partial charge in [-0.25, -0.2) is 4.98 Å². The minimum Gasteiger partial charge on any atom is -0.495 e. The number of ether oxygens (including phenoxy) is 3. The summed E-state index contributed by atoms with van der Waals surface area (Å²) in [5.74, 6) is 0.131. The van der Waals surface area contributed by atoms with Gasteiger partial charge in [-0.05, 0) is 25.0 Å². The van der Waals surface area contributed by atoms with Gasteiger partial charge in [-0.3, -0.25) is 19.0 Å². The zero-order chi connectivity index (χ0) is 24.2. The highest BCUT2D eigenvalue weighted by molar-refractivity contribution is 6.32. The number of anilines is 1. The Morgan fingerprint density at radius 2 is 1.88 bits per heavy atom. The van der Waals surface area contributed by atoms with Crippen LogP contribution in [0.3, 0.4) is 0 Å². The fourth-order valence-electron chi connectivity index (χ4n) is 3.65. The predicted octanol–water partition coefficient (Wildman–Crippen LogP) is 3.52. The zero-order valence-electron chi connectivity index (χ0n) is 18.8. The molecule has 3 aromatic rings. The Bertz CT molecular complexity index is 1300. The van der Waals surface area contributed by atoms with Gasteiger partial charge in [0.15, 0.2) is 6.61 Å². The SMILES string of the molecule is COc1cc(NC(=O)COC(=O)CCc2nc3ccccc3c(=O)n2C2CC2)c(OC)cc1Cl. The fourth-order valence-corrected chi connectivity index (χ4v) is 3.88. The van der Waals surface area contributed by atoms with Crippen molar-refractivity contribution >= 4 is 40.1 Å². The number of carbonyl (C=O) groups is 2. The third-order valence-corrected chi connectivity index (χ3v) is 5.75. The van der Waals surface area contributed by atoms with Gasteiger partial charge in [0.1, 0.15) is 17.3 Å². The number of para-hydroxylation sites is 1. The van der Waals surface area contributed by atoms with Crippen LogP contribution in [0.2, 0.25) is 5.02 Å². The van der Waals surface area contributed by atoms with Crippen LogP contribution in [-0.4, -0.2) is 42.3 Å². The van der Waals surface area contributed by atoms with Crippen LogP contribution in [-0.2, 0) is 20.7 Å². The average molecular weight is 486 g/mol. The summed E-state index contributed by atoms with van der Waals surface area (Å²) in [7, 11) is 2.89. The van der Waals surface area contributed by atoms with Gasteiger partial charge in [0.25, 0.3) is 11.5 Å². The van der Waals surface area contributed by atoms with E-state index in [0.717, 1.165) is 12.8 Å². The molecule has 1 amide bonds. The van der Waals surface area contributed by atoms with Crippen molar-refractivity contribution in [2.75, 3.05) is 26.1 Å². The third-order valence-electron chi connectivity index (χ3n) is 5.46. The summed E-state index contributed by atoms with van der Waals surface area (Å²) in [4.78, 5) is 42.1. The molecule has 1 aliphatic carbocycles. The lowest BCUT2D eigenvalue weighted by Gasteiger charge is -2.14. The molecule has 0 aliphatic heterocycles. The molecule has 0 saturated heterocycles. The maximum absolute atomic E-state index is 12.9. The lowest BCUT2D eigenvalue weighted by atomic mass is 10.2. The van der Waals surface area contributed by atoms with Crippen molar-refractivity contribution in [2.45, 2.75) is 31.7 Å². The molecule has 0 atom stereocenters. The van der Waals surface area contributed by atoms with Gasteiger partial charge >= 0.3 is 5.97 Å². The van der Waals surface area contributed by atoms with Crippen molar-refractivity contribution in [1.82, 2.24) is 9.55 Å². The summed E-state index contributed by atoms with van der Waals surface area (Å²) in [6.07, 6.45) is 2.05. The van der Waals surface area contributed by atoms with Crippen LogP contribution >= 0.6 is 11.6 Å². The Balaban J connectivity index is 1.37. The zero-order valence-corrected chi connectivity index (χ0v) is 19.6. The van der Waals surface area contributed by atoms with Crippen LogP contribution in [0.25, 0.3) is 10.9 Å². The monoisotopic (exact) mass is 485 g/mol. The van der Waals surface area contributed by atoms with E-state index in [1.165, 1.54) is 26.4 Å². The van der Waals surface area contributed by atoms with Gasteiger partial charge in [-0.15, -0.1) is 0 Å². The van der Waals surface area contributed by atoms with E-state index in [2.05, 4.69) is 10.3 Å². The topological polar surface area (TPSA) is 109 Å². The second-order valence-electron chi connectivity index (χ2n) is 7.85. The molecule has 0 unspecified atom stereocenters. The van der Waals surface area contributed by atoms with Gasteiger partial charge in [0.2, 0.25) is 0 Å². The highest BCUT2D eigenvalue weighted by Crippen LogP contribution is 2.36. The molecule has 1 N–H and O–H groups in total. The molecule has 2 aromatic carbocycles. The Morgan fingerprint density at radius 1 is 1.15 bits per heavy atom. The summed E-state index contributed by atoms with van der Waals surface area (Å²) < 4.78 is 17.2. The molecule has 1 saturated carbocycles. The van der Waals surface area contributed by atoms with E-state index in [1.54, 1.807) is 22.8 Å². The van der Waals surface area contributed by atoms with Crippen molar-refractivity contribution < 1.29 is 23.8 Å². The van der Waals surface area contributed by atoms with Crippen molar-refractivity contribution in [2.24, 2.45) is 0 Å². The van der Waals surface area contributed by atoms with Crippen molar-refractivity contribution in [3.8, 4) is 11.5 Å². The first kappa shape index (κ1) is 23.6. The molecular formula is C24H24ClN3O6. The molecule has 4 rings (SSSR count). The van der Waals surface area contributed by atoms with Gasteiger partial charge in [-0.2, -0.15) is 0 Å². The number of esters is 1. The summed E-state index contributed by atoms with van der Waals surface area (Å²) in [6, 6.07) is 10.3. The molecule has 10 heteroatoms. The number of nitrogens with one attached hydrogen (secondary N) is 1. The van der Waals surface area contributed by atoms with E-state index in [0.29, 0.717) is 38.9 Å². The quantitative estimate of drug-likeness (QED) is 0.462. The highest BCUT2D eigenvalue weighted by atomic mass is 35.5. The number of benzene rings is 2. The summed E-state index contributed by atoms with van der Waals surface area (Å²) in [5, 5.41) is 3.51. The van der Waals surface area contributed by atoms with E-state index >= 15 is 0 Å². The van der Waals surface area contributed by atoms with E-state index in [9.17, 15) is 14.4 Å². The lowest BCUT2D eigenvalue weighted by Crippen LogP contribution is -2.26. The van der Waals surface area contributed by atoms with Crippen molar-refractivity contribution in [3.63, 3.8) is 0 Å². The number of hydrogen-bond acceptors (Lipinski definition) is 7. The normalized spacial score (nSPS) is 12.9. The number of carbonyl (C=O) groups excluding carboxylic acids is 2.